The van der Waals surface area contributed by atoms with Gasteiger partial charge >= 0.3 is 5.97 Å². The van der Waals surface area contributed by atoms with Crippen LogP contribution < -0.4 is 5.32 Å². The lowest BCUT2D eigenvalue weighted by molar-refractivity contribution is -0.121. The molecule has 2 aromatic carbocycles. The normalized spacial score (nSPS) is 12.3. The smallest absolute Gasteiger partial charge is 0.335 e. The number of benzene rings is 2. The van der Waals surface area contributed by atoms with Crippen molar-refractivity contribution in [2.75, 3.05) is 0 Å². The number of amides is 1. The van der Waals surface area contributed by atoms with E-state index in [9.17, 15) is 9.59 Å². The van der Waals surface area contributed by atoms with Crippen molar-refractivity contribution < 1.29 is 14.7 Å². The molecule has 1 amide bonds. The molecule has 3 N–H and O–H groups in total. The molecule has 1 aromatic heterocycles. The number of rotatable bonds is 6. The zero-order valence-corrected chi connectivity index (χ0v) is 14.7. The second-order valence-electron chi connectivity index (χ2n) is 6.61. The maximum absolute atomic E-state index is 12.5. The van der Waals surface area contributed by atoms with Crippen molar-refractivity contribution in [3.8, 4) is 0 Å². The van der Waals surface area contributed by atoms with Crippen LogP contribution in [0.1, 0.15) is 41.6 Å². The summed E-state index contributed by atoms with van der Waals surface area (Å²) in [6.07, 6.45) is 0.116. The van der Waals surface area contributed by atoms with Crippen molar-refractivity contribution in [1.29, 1.82) is 0 Å². The van der Waals surface area contributed by atoms with Gasteiger partial charge in [-0.25, -0.2) is 9.78 Å². The van der Waals surface area contributed by atoms with Gasteiger partial charge in [-0.3, -0.25) is 4.79 Å². The number of aromatic carboxylic acids is 1. The third kappa shape index (κ3) is 3.91. The number of hydrogen-bond donors (Lipinski definition) is 3. The molecule has 0 bridgehead atoms. The number of aromatic nitrogens is 2. The summed E-state index contributed by atoms with van der Waals surface area (Å²) in [7, 11) is 0. The number of carbonyl (C=O) groups excluding carboxylic acids is 1. The number of aromatic amines is 1. The number of carbonyl (C=O) groups is 2. The molecule has 1 unspecified atom stereocenters. The highest BCUT2D eigenvalue weighted by molar-refractivity contribution is 5.88. The summed E-state index contributed by atoms with van der Waals surface area (Å²) in [4.78, 5) is 31.4. The lowest BCUT2D eigenvalue weighted by Gasteiger charge is -2.20. The molecule has 0 aliphatic carbocycles. The number of nitrogens with one attached hydrogen (secondary N) is 2. The number of carboxylic acid groups (broad SMARTS) is 1. The number of hydrogen-bond acceptors (Lipinski definition) is 3. The summed E-state index contributed by atoms with van der Waals surface area (Å²) < 4.78 is 0. The SMILES string of the molecule is CC(C)C(NC(=O)Cc1cccc(C(=O)O)c1)c1nc2ccccc2[nH]1. The highest BCUT2D eigenvalue weighted by atomic mass is 16.4. The molecule has 1 atom stereocenters. The summed E-state index contributed by atoms with van der Waals surface area (Å²) in [5, 5.41) is 12.1. The summed E-state index contributed by atoms with van der Waals surface area (Å²) in [6, 6.07) is 13.9. The lowest BCUT2D eigenvalue weighted by atomic mass is 10.0. The van der Waals surface area contributed by atoms with Crippen molar-refractivity contribution in [2.45, 2.75) is 26.3 Å². The van der Waals surface area contributed by atoms with E-state index in [4.69, 9.17) is 5.11 Å². The topological polar surface area (TPSA) is 95.1 Å². The number of imidazole rings is 1. The van der Waals surface area contributed by atoms with Gasteiger partial charge in [0.1, 0.15) is 5.82 Å². The molecular weight excluding hydrogens is 330 g/mol. The number of nitrogens with zero attached hydrogens (tertiary/aromatic N) is 1. The predicted molar refractivity (Wildman–Crippen MR) is 98.9 cm³/mol. The van der Waals surface area contributed by atoms with Crippen LogP contribution in [0.3, 0.4) is 0 Å². The van der Waals surface area contributed by atoms with Crippen LogP contribution in [0, 0.1) is 5.92 Å². The van der Waals surface area contributed by atoms with E-state index in [1.54, 1.807) is 12.1 Å². The Morgan fingerprint density at radius 2 is 1.92 bits per heavy atom. The van der Waals surface area contributed by atoms with E-state index in [1.807, 2.05) is 38.1 Å². The molecule has 3 aromatic rings. The van der Waals surface area contributed by atoms with E-state index < -0.39 is 5.97 Å². The first-order valence-electron chi connectivity index (χ1n) is 8.50. The lowest BCUT2D eigenvalue weighted by Crippen LogP contribution is -2.33. The molecule has 0 aliphatic rings. The van der Waals surface area contributed by atoms with E-state index in [2.05, 4.69) is 15.3 Å². The Hall–Kier alpha value is -3.15. The van der Waals surface area contributed by atoms with Crippen LogP contribution in [0.25, 0.3) is 11.0 Å². The molecule has 0 fully saturated rings. The molecule has 1 heterocycles. The van der Waals surface area contributed by atoms with Crippen LogP contribution in [0.4, 0.5) is 0 Å². The van der Waals surface area contributed by atoms with Crippen LogP contribution in [0.15, 0.2) is 48.5 Å². The molecular formula is C20H21N3O3. The van der Waals surface area contributed by atoms with E-state index >= 15 is 0 Å². The van der Waals surface area contributed by atoms with Crippen LogP contribution in [0.2, 0.25) is 0 Å². The van der Waals surface area contributed by atoms with Crippen LogP contribution in [-0.2, 0) is 11.2 Å². The van der Waals surface area contributed by atoms with Gasteiger partial charge in [-0.05, 0) is 35.7 Å². The Morgan fingerprint density at radius 3 is 2.62 bits per heavy atom. The minimum atomic E-state index is -1.01. The predicted octanol–water partition coefficient (Wildman–Crippen LogP) is 3.32. The van der Waals surface area contributed by atoms with E-state index in [-0.39, 0.29) is 29.9 Å². The van der Waals surface area contributed by atoms with Gasteiger partial charge in [-0.2, -0.15) is 0 Å². The van der Waals surface area contributed by atoms with Crippen LogP contribution >= 0.6 is 0 Å². The van der Waals surface area contributed by atoms with Crippen molar-refractivity contribution in [1.82, 2.24) is 15.3 Å². The molecule has 0 saturated heterocycles. The minimum absolute atomic E-state index is 0.116. The van der Waals surface area contributed by atoms with Crippen molar-refractivity contribution in [2.24, 2.45) is 5.92 Å². The Morgan fingerprint density at radius 1 is 1.15 bits per heavy atom. The monoisotopic (exact) mass is 351 g/mol. The van der Waals surface area contributed by atoms with Crippen molar-refractivity contribution in [3.63, 3.8) is 0 Å². The molecule has 134 valence electrons. The van der Waals surface area contributed by atoms with Crippen LogP contribution in [0.5, 0.6) is 0 Å². The maximum atomic E-state index is 12.5. The average molecular weight is 351 g/mol. The molecule has 26 heavy (non-hydrogen) atoms. The molecule has 0 saturated carbocycles. The maximum Gasteiger partial charge on any atom is 0.335 e. The first kappa shape index (κ1) is 17.7. The summed E-state index contributed by atoms with van der Waals surface area (Å²) in [5.74, 6) is -0.319. The zero-order valence-electron chi connectivity index (χ0n) is 14.7. The second kappa shape index (κ2) is 7.39. The van der Waals surface area contributed by atoms with Gasteiger partial charge in [0, 0.05) is 0 Å². The molecule has 6 heteroatoms. The van der Waals surface area contributed by atoms with Crippen molar-refractivity contribution >= 4 is 22.9 Å². The molecule has 3 rings (SSSR count). The summed E-state index contributed by atoms with van der Waals surface area (Å²) >= 11 is 0. The van der Waals surface area contributed by atoms with Crippen LogP contribution in [-0.4, -0.2) is 27.0 Å². The molecule has 0 spiro atoms. The molecule has 0 radical (unpaired) electrons. The average Bonchev–Trinajstić information content (AvgIpc) is 3.03. The Balaban J connectivity index is 1.76. The molecule has 6 nitrogen and oxygen atoms in total. The fourth-order valence-corrected chi connectivity index (χ4v) is 2.89. The van der Waals surface area contributed by atoms with E-state index in [1.165, 1.54) is 12.1 Å². The van der Waals surface area contributed by atoms with Gasteiger partial charge in [-0.15, -0.1) is 0 Å². The number of fused-ring (bicyclic) bond motifs is 1. The Labute approximate surface area is 151 Å². The Kier molecular flexibility index (Phi) is 5.02. The van der Waals surface area contributed by atoms with E-state index in [0.29, 0.717) is 11.4 Å². The Bertz CT molecular complexity index is 913. The largest absolute Gasteiger partial charge is 0.478 e. The summed E-state index contributed by atoms with van der Waals surface area (Å²) in [6.45, 7) is 4.03. The van der Waals surface area contributed by atoms with Gasteiger partial charge in [0.15, 0.2) is 0 Å². The van der Waals surface area contributed by atoms with Gasteiger partial charge in [0.25, 0.3) is 0 Å². The van der Waals surface area contributed by atoms with Gasteiger partial charge in [0.2, 0.25) is 5.91 Å². The third-order valence-electron chi connectivity index (χ3n) is 4.22. The highest BCUT2D eigenvalue weighted by Crippen LogP contribution is 2.22. The highest BCUT2D eigenvalue weighted by Gasteiger charge is 2.22. The zero-order chi connectivity index (χ0) is 18.7. The number of carboxylic acids is 1. The van der Waals surface area contributed by atoms with Gasteiger partial charge < -0.3 is 15.4 Å². The quantitative estimate of drug-likeness (QED) is 0.635. The van der Waals surface area contributed by atoms with E-state index in [0.717, 1.165) is 11.0 Å². The second-order valence-corrected chi connectivity index (χ2v) is 6.61. The first-order valence-corrected chi connectivity index (χ1v) is 8.50. The third-order valence-corrected chi connectivity index (χ3v) is 4.22. The van der Waals surface area contributed by atoms with Crippen molar-refractivity contribution in [3.05, 3.63) is 65.5 Å². The standard InChI is InChI=1S/C20H21N3O3/c1-12(2)18(19-21-15-8-3-4-9-16(15)22-19)23-17(24)11-13-6-5-7-14(10-13)20(25)26/h3-10,12,18H,11H2,1-2H3,(H,21,22)(H,23,24)(H,25,26). The fraction of sp³-hybridized carbons (Fsp3) is 0.250. The number of para-hydroxylation sites is 2. The summed E-state index contributed by atoms with van der Waals surface area (Å²) in [5.41, 5.74) is 2.62. The first-order chi connectivity index (χ1) is 12.4. The van der Waals surface area contributed by atoms with Gasteiger partial charge in [0.05, 0.1) is 29.1 Å². The molecule has 0 aliphatic heterocycles. The van der Waals surface area contributed by atoms with Gasteiger partial charge in [-0.1, -0.05) is 38.1 Å². The fourth-order valence-electron chi connectivity index (χ4n) is 2.89. The minimum Gasteiger partial charge on any atom is -0.478 e. The number of H-pyrrole nitrogens is 1.